The lowest BCUT2D eigenvalue weighted by Crippen LogP contribution is -2.04. The van der Waals surface area contributed by atoms with Crippen molar-refractivity contribution in [3.05, 3.63) is 35.4 Å². The Morgan fingerprint density at radius 1 is 1.14 bits per heavy atom. The number of carbonyl (C=O) groups is 2. The van der Waals surface area contributed by atoms with Gasteiger partial charge in [0.05, 0.1) is 6.73 Å². The first-order valence-electron chi connectivity index (χ1n) is 4.04. The van der Waals surface area contributed by atoms with Crippen molar-refractivity contribution in [1.82, 2.24) is 5.32 Å². The Hall–Kier alpha value is -1.52. The molecule has 0 heterocycles. The van der Waals surface area contributed by atoms with Gasteiger partial charge in [0.25, 0.3) is 0 Å². The third kappa shape index (κ3) is 5.18. The molecule has 1 rings (SSSR count). The number of carbonyl (C=O) groups excluding carboxylic acids is 2. The van der Waals surface area contributed by atoms with Gasteiger partial charge in [0.1, 0.15) is 12.6 Å². The monoisotopic (exact) mass is 195 g/mol. The number of aliphatic hydroxyl groups excluding tert-OH is 1. The summed E-state index contributed by atoms with van der Waals surface area (Å²) in [7, 11) is 1.68. The van der Waals surface area contributed by atoms with Crippen LogP contribution >= 0.6 is 0 Å². The summed E-state index contributed by atoms with van der Waals surface area (Å²) >= 11 is 0. The molecule has 0 aliphatic rings. The fourth-order valence-electron chi connectivity index (χ4n) is 0.653. The largest absolute Gasteiger partial charge is 0.381 e. The van der Waals surface area contributed by atoms with Gasteiger partial charge in [0.2, 0.25) is 0 Å². The van der Waals surface area contributed by atoms with Crippen molar-refractivity contribution in [3.8, 4) is 0 Å². The highest BCUT2D eigenvalue weighted by Gasteiger charge is 1.88. The second-order valence-electron chi connectivity index (χ2n) is 2.41. The minimum Gasteiger partial charge on any atom is -0.381 e. The van der Waals surface area contributed by atoms with Crippen molar-refractivity contribution < 1.29 is 14.7 Å². The van der Waals surface area contributed by atoms with Gasteiger partial charge in [0, 0.05) is 11.1 Å². The van der Waals surface area contributed by atoms with Gasteiger partial charge in [-0.05, 0) is 7.05 Å². The molecule has 1 aromatic carbocycles. The van der Waals surface area contributed by atoms with E-state index in [2.05, 4.69) is 5.32 Å². The van der Waals surface area contributed by atoms with Crippen LogP contribution in [0.15, 0.2) is 24.3 Å². The first-order valence-corrected chi connectivity index (χ1v) is 4.04. The molecule has 0 aromatic heterocycles. The molecule has 0 aliphatic heterocycles. The maximum Gasteiger partial charge on any atom is 0.150 e. The molecular formula is C10H13NO3. The van der Waals surface area contributed by atoms with Gasteiger partial charge in [-0.15, -0.1) is 0 Å². The fourth-order valence-corrected chi connectivity index (χ4v) is 0.653. The van der Waals surface area contributed by atoms with E-state index >= 15 is 0 Å². The van der Waals surface area contributed by atoms with Crippen LogP contribution in [0.5, 0.6) is 0 Å². The molecule has 0 radical (unpaired) electrons. The third-order valence-electron chi connectivity index (χ3n) is 1.37. The van der Waals surface area contributed by atoms with Crippen LogP contribution in [0.3, 0.4) is 0 Å². The Bertz CT molecular complexity index is 240. The van der Waals surface area contributed by atoms with Crippen LogP contribution in [-0.2, 0) is 0 Å². The van der Waals surface area contributed by atoms with Crippen LogP contribution < -0.4 is 5.32 Å². The van der Waals surface area contributed by atoms with Gasteiger partial charge in [0.15, 0.2) is 0 Å². The lowest BCUT2D eigenvalue weighted by Gasteiger charge is -1.88. The first-order chi connectivity index (χ1) is 6.78. The van der Waals surface area contributed by atoms with Crippen molar-refractivity contribution in [1.29, 1.82) is 0 Å². The number of nitrogens with one attached hydrogen (secondary N) is 1. The van der Waals surface area contributed by atoms with Crippen LogP contribution in [0, 0.1) is 0 Å². The Balaban J connectivity index is 0.000000364. The summed E-state index contributed by atoms with van der Waals surface area (Å²) in [6.07, 6.45) is 1.49. The summed E-state index contributed by atoms with van der Waals surface area (Å²) in [4.78, 5) is 20.2. The molecule has 4 nitrogen and oxygen atoms in total. The summed E-state index contributed by atoms with van der Waals surface area (Å²) in [5, 5.41) is 10.2. The predicted molar refractivity (Wildman–Crippen MR) is 53.4 cm³/mol. The molecule has 0 spiro atoms. The summed E-state index contributed by atoms with van der Waals surface area (Å²) in [5.41, 5.74) is 1.18. The number of aldehydes is 2. The molecule has 0 saturated heterocycles. The first kappa shape index (κ1) is 12.5. The van der Waals surface area contributed by atoms with E-state index in [0.717, 1.165) is 12.6 Å². The molecule has 76 valence electrons. The number of rotatable bonds is 3. The van der Waals surface area contributed by atoms with E-state index in [1.54, 1.807) is 31.3 Å². The van der Waals surface area contributed by atoms with Gasteiger partial charge < -0.3 is 5.11 Å². The maximum absolute atomic E-state index is 10.1. The molecule has 2 N–H and O–H groups in total. The Kier molecular flexibility index (Phi) is 7.22. The number of aliphatic hydroxyl groups is 1. The molecule has 0 atom stereocenters. The smallest absolute Gasteiger partial charge is 0.150 e. The normalized spacial score (nSPS) is 8.43. The van der Waals surface area contributed by atoms with Crippen molar-refractivity contribution in [2.45, 2.75) is 0 Å². The Morgan fingerprint density at radius 3 is 1.57 bits per heavy atom. The van der Waals surface area contributed by atoms with Crippen molar-refractivity contribution >= 4 is 12.6 Å². The van der Waals surface area contributed by atoms with Crippen LogP contribution in [-0.4, -0.2) is 31.5 Å². The number of hydrogen-bond acceptors (Lipinski definition) is 4. The van der Waals surface area contributed by atoms with Crippen LogP contribution in [0.25, 0.3) is 0 Å². The number of hydrogen-bond donors (Lipinski definition) is 2. The quantitative estimate of drug-likeness (QED) is 0.543. The van der Waals surface area contributed by atoms with E-state index < -0.39 is 0 Å². The maximum atomic E-state index is 10.1. The van der Waals surface area contributed by atoms with E-state index in [-0.39, 0.29) is 6.73 Å². The van der Waals surface area contributed by atoms with Gasteiger partial charge in [-0.3, -0.25) is 14.9 Å². The van der Waals surface area contributed by atoms with Crippen LogP contribution in [0.1, 0.15) is 20.7 Å². The van der Waals surface area contributed by atoms with Crippen LogP contribution in [0.2, 0.25) is 0 Å². The molecule has 14 heavy (non-hydrogen) atoms. The van der Waals surface area contributed by atoms with Crippen molar-refractivity contribution in [3.63, 3.8) is 0 Å². The average Bonchev–Trinajstić information content (AvgIpc) is 2.29. The van der Waals surface area contributed by atoms with E-state index in [1.807, 2.05) is 0 Å². The second-order valence-corrected chi connectivity index (χ2v) is 2.41. The predicted octanol–water partition coefficient (Wildman–Crippen LogP) is 0.467. The van der Waals surface area contributed by atoms with E-state index in [1.165, 1.54) is 0 Å². The molecule has 0 unspecified atom stereocenters. The molecule has 1 aromatic rings. The van der Waals surface area contributed by atoms with Crippen LogP contribution in [0.4, 0.5) is 0 Å². The van der Waals surface area contributed by atoms with Gasteiger partial charge in [-0.2, -0.15) is 0 Å². The zero-order valence-corrected chi connectivity index (χ0v) is 7.93. The molecule has 0 saturated carbocycles. The summed E-state index contributed by atoms with van der Waals surface area (Å²) < 4.78 is 0. The molecule has 0 fully saturated rings. The fraction of sp³-hybridized carbons (Fsp3) is 0.200. The zero-order chi connectivity index (χ0) is 10.8. The highest BCUT2D eigenvalue weighted by atomic mass is 16.3. The zero-order valence-electron chi connectivity index (χ0n) is 7.93. The standard InChI is InChI=1S/C8H6O2.C2H7NO/c9-5-7-1-2-8(6-10)4-3-7;1-3-2-4/h1-6H;3-4H,2H2,1H3. The molecule has 0 amide bonds. The number of benzene rings is 1. The molecule has 0 bridgehead atoms. The third-order valence-corrected chi connectivity index (χ3v) is 1.37. The van der Waals surface area contributed by atoms with Gasteiger partial charge in [-0.25, -0.2) is 0 Å². The minimum absolute atomic E-state index is 0.0694. The highest BCUT2D eigenvalue weighted by Crippen LogP contribution is 1.98. The van der Waals surface area contributed by atoms with E-state index in [0.29, 0.717) is 11.1 Å². The van der Waals surface area contributed by atoms with Crippen molar-refractivity contribution in [2.75, 3.05) is 13.8 Å². The average molecular weight is 195 g/mol. The second kappa shape index (κ2) is 8.10. The summed E-state index contributed by atoms with van der Waals surface area (Å²) in [6, 6.07) is 6.43. The van der Waals surface area contributed by atoms with E-state index in [4.69, 9.17) is 5.11 Å². The van der Waals surface area contributed by atoms with Crippen molar-refractivity contribution in [2.24, 2.45) is 0 Å². The minimum atomic E-state index is 0.0694. The molecule has 0 aliphatic carbocycles. The lowest BCUT2D eigenvalue weighted by atomic mass is 10.2. The lowest BCUT2D eigenvalue weighted by molar-refractivity contribution is 0.111. The SMILES string of the molecule is CNCO.O=Cc1ccc(C=O)cc1. The summed E-state index contributed by atoms with van der Waals surface area (Å²) in [5.74, 6) is 0. The summed E-state index contributed by atoms with van der Waals surface area (Å²) in [6.45, 7) is 0.0694. The highest BCUT2D eigenvalue weighted by molar-refractivity contribution is 5.79. The Labute approximate surface area is 82.6 Å². The molecule has 4 heteroatoms. The topological polar surface area (TPSA) is 66.4 Å². The molecular weight excluding hydrogens is 182 g/mol. The Morgan fingerprint density at radius 2 is 1.43 bits per heavy atom. The van der Waals surface area contributed by atoms with E-state index in [9.17, 15) is 9.59 Å². The van der Waals surface area contributed by atoms with Gasteiger partial charge >= 0.3 is 0 Å². The van der Waals surface area contributed by atoms with Gasteiger partial charge in [-0.1, -0.05) is 24.3 Å².